The molecule has 3 aromatic rings. The number of rotatable bonds is 6. The number of hydrogen-bond acceptors (Lipinski definition) is 3. The molecule has 0 saturated heterocycles. The number of nitrogens with zero attached hydrogens (tertiary/aromatic N) is 1. The fourth-order valence-electron chi connectivity index (χ4n) is 2.59. The van der Waals surface area contributed by atoms with Gasteiger partial charge in [-0.15, -0.1) is 0 Å². The molecule has 0 N–H and O–H groups in total. The van der Waals surface area contributed by atoms with E-state index < -0.39 is 15.8 Å². The molecule has 0 bridgehead atoms. The standard InChI is InChI=1S/C20H18FNO3S/c1-25-18-13-11-17(12-14-18)22(15-16-7-3-2-4-8-16)26(23,24)20-10-6-5-9-19(20)21/h2-14H,15H2,1H3. The maximum atomic E-state index is 14.2. The molecule has 0 heterocycles. The van der Waals surface area contributed by atoms with Crippen LogP contribution >= 0.6 is 0 Å². The minimum absolute atomic E-state index is 0.0871. The van der Waals surface area contributed by atoms with Crippen LogP contribution in [0, 0.1) is 5.82 Å². The summed E-state index contributed by atoms with van der Waals surface area (Å²) < 4.78 is 46.9. The summed E-state index contributed by atoms with van der Waals surface area (Å²) in [7, 11) is -2.55. The van der Waals surface area contributed by atoms with Gasteiger partial charge in [0.2, 0.25) is 0 Å². The van der Waals surface area contributed by atoms with Crippen LogP contribution in [-0.2, 0) is 16.6 Å². The van der Waals surface area contributed by atoms with Gasteiger partial charge in [-0.3, -0.25) is 4.31 Å². The molecule has 0 atom stereocenters. The molecule has 26 heavy (non-hydrogen) atoms. The van der Waals surface area contributed by atoms with Crippen LogP contribution in [-0.4, -0.2) is 15.5 Å². The van der Waals surface area contributed by atoms with E-state index in [1.54, 1.807) is 24.3 Å². The largest absolute Gasteiger partial charge is 0.497 e. The lowest BCUT2D eigenvalue weighted by Gasteiger charge is -2.25. The highest BCUT2D eigenvalue weighted by molar-refractivity contribution is 7.92. The number of benzene rings is 3. The topological polar surface area (TPSA) is 46.6 Å². The van der Waals surface area contributed by atoms with Gasteiger partial charge < -0.3 is 4.74 Å². The minimum Gasteiger partial charge on any atom is -0.497 e. The van der Waals surface area contributed by atoms with Crippen LogP contribution in [0.3, 0.4) is 0 Å². The fourth-order valence-corrected chi connectivity index (χ4v) is 4.11. The van der Waals surface area contributed by atoms with E-state index in [-0.39, 0.29) is 11.4 Å². The summed E-state index contributed by atoms with van der Waals surface area (Å²) in [5, 5.41) is 0. The van der Waals surface area contributed by atoms with E-state index in [1.807, 2.05) is 30.3 Å². The summed E-state index contributed by atoms with van der Waals surface area (Å²) in [6, 6.07) is 21.2. The van der Waals surface area contributed by atoms with E-state index in [0.29, 0.717) is 11.4 Å². The SMILES string of the molecule is COc1ccc(N(Cc2ccccc2)S(=O)(=O)c2ccccc2F)cc1. The second kappa shape index (κ2) is 7.58. The maximum absolute atomic E-state index is 14.2. The zero-order valence-corrected chi connectivity index (χ0v) is 15.0. The van der Waals surface area contributed by atoms with Gasteiger partial charge in [0.25, 0.3) is 10.0 Å². The second-order valence-corrected chi connectivity index (χ2v) is 7.46. The highest BCUT2D eigenvalue weighted by Gasteiger charge is 2.28. The lowest BCUT2D eigenvalue weighted by atomic mass is 10.2. The monoisotopic (exact) mass is 371 g/mol. The van der Waals surface area contributed by atoms with Crippen molar-refractivity contribution in [3.05, 3.63) is 90.2 Å². The molecular weight excluding hydrogens is 353 g/mol. The van der Waals surface area contributed by atoms with Crippen molar-refractivity contribution in [1.82, 2.24) is 0 Å². The van der Waals surface area contributed by atoms with Crippen molar-refractivity contribution in [2.45, 2.75) is 11.4 Å². The Balaban J connectivity index is 2.08. The Labute approximate surface area is 152 Å². The fraction of sp³-hybridized carbons (Fsp3) is 0.100. The van der Waals surface area contributed by atoms with Gasteiger partial charge >= 0.3 is 0 Å². The molecule has 134 valence electrons. The van der Waals surface area contributed by atoms with E-state index >= 15 is 0 Å². The van der Waals surface area contributed by atoms with Crippen LogP contribution in [0.1, 0.15) is 5.56 Å². The molecule has 0 aliphatic rings. The van der Waals surface area contributed by atoms with Gasteiger partial charge in [-0.05, 0) is 42.0 Å². The predicted octanol–water partition coefficient (Wildman–Crippen LogP) is 4.23. The first kappa shape index (κ1) is 17.9. The maximum Gasteiger partial charge on any atom is 0.267 e. The number of anilines is 1. The molecule has 4 nitrogen and oxygen atoms in total. The van der Waals surface area contributed by atoms with Gasteiger partial charge in [-0.1, -0.05) is 42.5 Å². The third-order valence-corrected chi connectivity index (χ3v) is 5.74. The van der Waals surface area contributed by atoms with Crippen molar-refractivity contribution in [1.29, 1.82) is 0 Å². The van der Waals surface area contributed by atoms with E-state index in [9.17, 15) is 12.8 Å². The van der Waals surface area contributed by atoms with Gasteiger partial charge in [0.05, 0.1) is 19.3 Å². The molecule has 0 aliphatic heterocycles. The predicted molar refractivity (Wildman–Crippen MR) is 99.2 cm³/mol. The first-order chi connectivity index (χ1) is 12.5. The van der Waals surface area contributed by atoms with E-state index in [0.717, 1.165) is 11.6 Å². The first-order valence-electron chi connectivity index (χ1n) is 7.97. The molecule has 0 unspecified atom stereocenters. The summed E-state index contributed by atoms with van der Waals surface area (Å²) in [5.41, 5.74) is 1.22. The normalized spacial score (nSPS) is 11.2. The number of hydrogen-bond donors (Lipinski definition) is 0. The van der Waals surface area contributed by atoms with Crippen LogP contribution < -0.4 is 9.04 Å². The minimum atomic E-state index is -4.09. The van der Waals surface area contributed by atoms with E-state index in [4.69, 9.17) is 4.74 Å². The number of sulfonamides is 1. The van der Waals surface area contributed by atoms with Gasteiger partial charge in [0, 0.05) is 0 Å². The average Bonchev–Trinajstić information content (AvgIpc) is 2.67. The Bertz CT molecular complexity index is 973. The number of halogens is 1. The van der Waals surface area contributed by atoms with Gasteiger partial charge in [0.1, 0.15) is 16.5 Å². The van der Waals surface area contributed by atoms with Crippen LogP contribution in [0.15, 0.2) is 83.8 Å². The molecule has 0 fully saturated rings. The first-order valence-corrected chi connectivity index (χ1v) is 9.41. The Morgan fingerprint density at radius 2 is 1.50 bits per heavy atom. The van der Waals surface area contributed by atoms with E-state index in [2.05, 4.69) is 0 Å². The number of methoxy groups -OCH3 is 1. The highest BCUT2D eigenvalue weighted by Crippen LogP contribution is 2.28. The van der Waals surface area contributed by atoms with Gasteiger partial charge in [-0.2, -0.15) is 0 Å². The molecule has 0 aliphatic carbocycles. The van der Waals surface area contributed by atoms with Crippen LogP contribution in [0.2, 0.25) is 0 Å². The van der Waals surface area contributed by atoms with Crippen LogP contribution in [0.25, 0.3) is 0 Å². The second-order valence-electron chi connectivity index (χ2n) is 5.63. The lowest BCUT2D eigenvalue weighted by Crippen LogP contribution is -2.31. The molecule has 0 amide bonds. The molecule has 6 heteroatoms. The molecule has 0 saturated carbocycles. The lowest BCUT2D eigenvalue weighted by molar-refractivity contribution is 0.415. The Kier molecular flexibility index (Phi) is 5.23. The summed E-state index contributed by atoms with van der Waals surface area (Å²) >= 11 is 0. The Hall–Kier alpha value is -2.86. The summed E-state index contributed by atoms with van der Waals surface area (Å²) in [5.74, 6) is -0.171. The molecular formula is C20H18FNO3S. The number of ether oxygens (including phenoxy) is 1. The average molecular weight is 371 g/mol. The molecule has 3 rings (SSSR count). The van der Waals surface area contributed by atoms with Crippen molar-refractivity contribution in [2.75, 3.05) is 11.4 Å². The highest BCUT2D eigenvalue weighted by atomic mass is 32.2. The molecule has 3 aromatic carbocycles. The van der Waals surface area contributed by atoms with Gasteiger partial charge in [0.15, 0.2) is 0 Å². The van der Waals surface area contributed by atoms with Crippen LogP contribution in [0.5, 0.6) is 5.75 Å². The molecule has 0 aromatic heterocycles. The summed E-state index contributed by atoms with van der Waals surface area (Å²) in [4.78, 5) is -0.355. The van der Waals surface area contributed by atoms with Crippen molar-refractivity contribution < 1.29 is 17.5 Å². The third kappa shape index (κ3) is 3.70. The smallest absolute Gasteiger partial charge is 0.267 e. The van der Waals surface area contributed by atoms with Crippen LogP contribution in [0.4, 0.5) is 10.1 Å². The Morgan fingerprint density at radius 3 is 2.12 bits per heavy atom. The van der Waals surface area contributed by atoms with Crippen molar-refractivity contribution in [2.24, 2.45) is 0 Å². The summed E-state index contributed by atoms with van der Waals surface area (Å²) in [6.45, 7) is 0.0871. The van der Waals surface area contributed by atoms with Crippen molar-refractivity contribution in [3.63, 3.8) is 0 Å². The zero-order chi connectivity index (χ0) is 18.6. The summed E-state index contributed by atoms with van der Waals surface area (Å²) in [6.07, 6.45) is 0. The molecule has 0 radical (unpaired) electrons. The van der Waals surface area contributed by atoms with Crippen molar-refractivity contribution >= 4 is 15.7 Å². The van der Waals surface area contributed by atoms with Gasteiger partial charge in [-0.25, -0.2) is 12.8 Å². The zero-order valence-electron chi connectivity index (χ0n) is 14.2. The molecule has 0 spiro atoms. The third-order valence-electron chi connectivity index (χ3n) is 3.93. The van der Waals surface area contributed by atoms with E-state index in [1.165, 1.54) is 29.6 Å². The quantitative estimate of drug-likeness (QED) is 0.651. The Morgan fingerprint density at radius 1 is 0.885 bits per heavy atom. The van der Waals surface area contributed by atoms with Crippen molar-refractivity contribution in [3.8, 4) is 5.75 Å².